The second kappa shape index (κ2) is 8.88. The van der Waals surface area contributed by atoms with Crippen molar-refractivity contribution in [3.8, 4) is 22.8 Å². The van der Waals surface area contributed by atoms with Gasteiger partial charge in [0.1, 0.15) is 17.2 Å². The van der Waals surface area contributed by atoms with E-state index in [9.17, 15) is 18.7 Å². The molecule has 0 aliphatic rings. The zero-order valence-electron chi connectivity index (χ0n) is 18.3. The number of halogens is 2. The zero-order valence-corrected chi connectivity index (χ0v) is 18.3. The Morgan fingerprint density at radius 1 is 1.09 bits per heavy atom. The number of carboxylic acid groups (broad SMARTS) is 1. The lowest BCUT2D eigenvalue weighted by Crippen LogP contribution is -2.45. The molecule has 0 unspecified atom stereocenters. The number of rotatable bonds is 6. The van der Waals surface area contributed by atoms with Crippen LogP contribution in [0.15, 0.2) is 41.1 Å². The average molecular weight is 471 g/mol. The van der Waals surface area contributed by atoms with Crippen LogP contribution in [-0.4, -0.2) is 57.1 Å². The maximum absolute atomic E-state index is 12.6. The van der Waals surface area contributed by atoms with Crippen LogP contribution in [0.5, 0.6) is 0 Å². The molecule has 0 bridgehead atoms. The van der Waals surface area contributed by atoms with E-state index in [1.54, 1.807) is 45.2 Å². The molecule has 0 aliphatic heterocycles. The van der Waals surface area contributed by atoms with Crippen molar-refractivity contribution in [3.05, 3.63) is 48.2 Å². The molecule has 12 nitrogen and oxygen atoms in total. The Kier molecular flexibility index (Phi) is 5.96. The molecule has 14 heteroatoms. The normalized spacial score (nSPS) is 11.7. The number of hydrogen-bond acceptors (Lipinski definition) is 9. The van der Waals surface area contributed by atoms with Crippen molar-refractivity contribution in [2.45, 2.75) is 39.3 Å². The summed E-state index contributed by atoms with van der Waals surface area (Å²) in [6, 6.07) is 6.47. The van der Waals surface area contributed by atoms with Gasteiger partial charge in [-0.15, -0.1) is 20.4 Å². The maximum Gasteiger partial charge on any atom is 0.413 e. The van der Waals surface area contributed by atoms with Crippen molar-refractivity contribution in [2.75, 3.05) is 4.90 Å². The van der Waals surface area contributed by atoms with Crippen molar-refractivity contribution in [1.29, 1.82) is 0 Å². The lowest BCUT2D eigenvalue weighted by atomic mass is 10.1. The number of amides is 1. The highest BCUT2D eigenvalue weighted by Crippen LogP contribution is 2.25. The lowest BCUT2D eigenvalue weighted by molar-refractivity contribution is 0.116. The molecule has 0 spiro atoms. The van der Waals surface area contributed by atoms with Crippen molar-refractivity contribution < 1.29 is 23.1 Å². The highest BCUT2D eigenvalue weighted by atomic mass is 19.3. The third kappa shape index (κ3) is 4.84. The molecular formula is C20H19F2N9O3. The van der Waals surface area contributed by atoms with Crippen molar-refractivity contribution >= 4 is 11.9 Å². The van der Waals surface area contributed by atoms with Crippen molar-refractivity contribution in [2.24, 2.45) is 0 Å². The van der Waals surface area contributed by atoms with Gasteiger partial charge in [0.15, 0.2) is 0 Å². The van der Waals surface area contributed by atoms with Gasteiger partial charge in [0.05, 0.1) is 18.4 Å². The van der Waals surface area contributed by atoms with E-state index in [0.717, 1.165) is 0 Å². The van der Waals surface area contributed by atoms with E-state index in [-0.39, 0.29) is 18.1 Å². The third-order valence-electron chi connectivity index (χ3n) is 4.56. The molecule has 0 atom stereocenters. The van der Waals surface area contributed by atoms with Gasteiger partial charge in [-0.1, -0.05) is 5.21 Å². The van der Waals surface area contributed by atoms with Crippen LogP contribution >= 0.6 is 0 Å². The van der Waals surface area contributed by atoms with Crippen LogP contribution in [0.2, 0.25) is 0 Å². The minimum atomic E-state index is -2.86. The molecule has 0 radical (unpaired) electrons. The van der Waals surface area contributed by atoms with E-state index in [1.165, 1.54) is 21.8 Å². The number of nitrogens with zero attached hydrogens (tertiary/aromatic N) is 9. The second-order valence-electron chi connectivity index (χ2n) is 8.15. The minimum absolute atomic E-state index is 0.152. The van der Waals surface area contributed by atoms with Gasteiger partial charge in [-0.2, -0.15) is 13.9 Å². The van der Waals surface area contributed by atoms with E-state index in [2.05, 4.69) is 35.7 Å². The van der Waals surface area contributed by atoms with E-state index in [1.807, 2.05) is 0 Å². The molecule has 4 rings (SSSR count). The van der Waals surface area contributed by atoms with Crippen LogP contribution in [0.4, 0.5) is 19.4 Å². The van der Waals surface area contributed by atoms with Gasteiger partial charge in [0.2, 0.25) is 0 Å². The monoisotopic (exact) mass is 471 g/mol. The molecule has 4 heterocycles. The first-order chi connectivity index (χ1) is 16.1. The summed E-state index contributed by atoms with van der Waals surface area (Å²) in [5.41, 5.74) is 1.23. The number of aromatic nitrogens is 8. The molecule has 4 aromatic heterocycles. The summed E-state index contributed by atoms with van der Waals surface area (Å²) in [6.45, 7) is 5.58. The first-order valence-corrected chi connectivity index (χ1v) is 9.96. The van der Waals surface area contributed by atoms with Gasteiger partial charge in [-0.25, -0.2) is 14.5 Å². The Labute approximate surface area is 191 Å². The van der Waals surface area contributed by atoms with Crippen LogP contribution in [0.3, 0.4) is 0 Å². The first kappa shape index (κ1) is 22.8. The zero-order chi connectivity index (χ0) is 24.5. The highest BCUT2D eigenvalue weighted by molar-refractivity contribution is 5.86. The summed E-state index contributed by atoms with van der Waals surface area (Å²) >= 11 is 0. The molecule has 34 heavy (non-hydrogen) atoms. The second-order valence-corrected chi connectivity index (χ2v) is 8.15. The topological polar surface area (TPSA) is 149 Å². The Bertz CT molecular complexity index is 1280. The number of alkyl halides is 2. The van der Waals surface area contributed by atoms with E-state index >= 15 is 0 Å². The van der Waals surface area contributed by atoms with Crippen molar-refractivity contribution in [1.82, 2.24) is 40.4 Å². The number of pyridine rings is 1. The molecule has 1 N–H and O–H groups in total. The fourth-order valence-electron chi connectivity index (χ4n) is 3.06. The largest absolute Gasteiger partial charge is 0.465 e. The molecule has 0 aliphatic carbocycles. The first-order valence-electron chi connectivity index (χ1n) is 9.96. The fraction of sp³-hybridized carbons (Fsp3) is 0.300. The molecule has 0 aromatic carbocycles. The van der Waals surface area contributed by atoms with Crippen LogP contribution < -0.4 is 4.90 Å². The summed E-state index contributed by atoms with van der Waals surface area (Å²) in [4.78, 5) is 17.1. The summed E-state index contributed by atoms with van der Waals surface area (Å²) in [5, 5.41) is 32.4. The van der Waals surface area contributed by atoms with Gasteiger partial charge < -0.3 is 9.52 Å². The lowest BCUT2D eigenvalue weighted by Gasteiger charge is -2.32. The predicted octanol–water partition coefficient (Wildman–Crippen LogP) is 3.45. The summed E-state index contributed by atoms with van der Waals surface area (Å²) < 4.78 is 31.6. The molecule has 0 fully saturated rings. The fourth-order valence-corrected chi connectivity index (χ4v) is 3.06. The molecule has 176 valence electrons. The van der Waals surface area contributed by atoms with E-state index in [0.29, 0.717) is 22.8 Å². The number of anilines is 1. The summed E-state index contributed by atoms with van der Waals surface area (Å²) in [5.74, 6) is -0.637. The molecule has 0 saturated carbocycles. The standard InChI is InChI=1S/C20H19F2N9O3/c1-20(2,3)31(19(32)33)15-7-4-11(8-23-15)14-10-30(29-26-14)9-12-5-6-13(25-24-12)17-27-28-18(34-17)16(21)22/h4-8,10,16H,9H2,1-3H3,(H,32,33). The maximum atomic E-state index is 12.6. The minimum Gasteiger partial charge on any atom is -0.465 e. The van der Waals surface area contributed by atoms with Gasteiger partial charge >= 0.3 is 12.5 Å². The Hall–Kier alpha value is -4.36. The van der Waals surface area contributed by atoms with E-state index < -0.39 is 23.9 Å². The average Bonchev–Trinajstić information content (AvgIpc) is 3.44. The van der Waals surface area contributed by atoms with Gasteiger partial charge in [0, 0.05) is 17.3 Å². The Balaban J connectivity index is 1.46. The molecule has 4 aromatic rings. The van der Waals surface area contributed by atoms with Crippen LogP contribution in [0.25, 0.3) is 22.8 Å². The summed E-state index contributed by atoms with van der Waals surface area (Å²) in [7, 11) is 0. The highest BCUT2D eigenvalue weighted by Gasteiger charge is 2.28. The number of carbonyl (C=O) groups is 1. The van der Waals surface area contributed by atoms with Crippen molar-refractivity contribution in [3.63, 3.8) is 0 Å². The van der Waals surface area contributed by atoms with Gasteiger partial charge in [0.25, 0.3) is 11.8 Å². The molecular weight excluding hydrogens is 452 g/mol. The Morgan fingerprint density at radius 3 is 2.44 bits per heavy atom. The predicted molar refractivity (Wildman–Crippen MR) is 113 cm³/mol. The third-order valence-corrected chi connectivity index (χ3v) is 4.56. The summed E-state index contributed by atoms with van der Waals surface area (Å²) in [6.07, 6.45) is -0.758. The SMILES string of the molecule is CC(C)(C)N(C(=O)O)c1ccc(-c2cn(Cc3ccc(-c4nnc(C(F)F)o4)nn3)nn2)cn1. The molecule has 1 amide bonds. The Morgan fingerprint density at radius 2 is 1.88 bits per heavy atom. The van der Waals surface area contributed by atoms with Gasteiger partial charge in [-0.05, 0) is 45.0 Å². The van der Waals surface area contributed by atoms with Crippen LogP contribution in [0.1, 0.15) is 38.8 Å². The quantitative estimate of drug-likeness (QED) is 0.443. The van der Waals surface area contributed by atoms with Crippen LogP contribution in [-0.2, 0) is 6.54 Å². The van der Waals surface area contributed by atoms with Gasteiger partial charge in [-0.3, -0.25) is 4.90 Å². The smallest absolute Gasteiger partial charge is 0.413 e. The van der Waals surface area contributed by atoms with E-state index in [4.69, 9.17) is 4.42 Å². The number of hydrogen-bond donors (Lipinski definition) is 1. The molecule has 0 saturated heterocycles. The van der Waals surface area contributed by atoms with Crippen LogP contribution in [0, 0.1) is 0 Å².